The molecule has 2 heterocycles. The van der Waals surface area contributed by atoms with Crippen LogP contribution >= 0.6 is 23.4 Å². The number of amidine groups is 1. The number of thioether (sulfide) groups is 1. The Labute approximate surface area is 179 Å². The molecule has 30 heavy (non-hydrogen) atoms. The zero-order valence-corrected chi connectivity index (χ0v) is 17.6. The number of carboxylic acid groups (broad SMARTS) is 1. The molecule has 2 atom stereocenters. The second-order valence-corrected chi connectivity index (χ2v) is 10.6. The van der Waals surface area contributed by atoms with Crippen LogP contribution in [-0.4, -0.2) is 53.4 Å². The van der Waals surface area contributed by atoms with Crippen molar-refractivity contribution in [1.82, 2.24) is 0 Å². The number of nitrogens with zero attached hydrogens (tertiary/aromatic N) is 2. The Balaban J connectivity index is 1.97. The van der Waals surface area contributed by atoms with Crippen molar-refractivity contribution < 1.29 is 36.3 Å². The number of aliphatic carboxylic acids is 1. The maximum Gasteiger partial charge on any atom is 0.416 e. The summed E-state index contributed by atoms with van der Waals surface area (Å²) in [7, 11) is -3.41. The number of benzene rings is 1. The Bertz CT molecular complexity index is 1010. The minimum atomic E-state index is -4.64. The predicted octanol–water partition coefficient (Wildman–Crippen LogP) is 3.22. The van der Waals surface area contributed by atoms with E-state index in [1.54, 1.807) is 0 Å². The van der Waals surface area contributed by atoms with Gasteiger partial charge in [-0.05, 0) is 24.6 Å². The summed E-state index contributed by atoms with van der Waals surface area (Å²) in [6.45, 7) is 0. The number of aliphatic imine (C=N–C) groups is 1. The summed E-state index contributed by atoms with van der Waals surface area (Å²) < 4.78 is 63.7. The van der Waals surface area contributed by atoms with E-state index >= 15 is 0 Å². The lowest BCUT2D eigenvalue weighted by atomic mass is 10.1. The lowest BCUT2D eigenvalue weighted by Gasteiger charge is -2.26. The first kappa shape index (κ1) is 22.9. The number of anilines is 1. The summed E-state index contributed by atoms with van der Waals surface area (Å²) in [5, 5.41) is 8.17. The van der Waals surface area contributed by atoms with Crippen LogP contribution in [0.15, 0.2) is 23.2 Å². The third kappa shape index (κ3) is 5.09. The molecule has 0 aromatic heterocycles. The van der Waals surface area contributed by atoms with Crippen LogP contribution in [0.1, 0.15) is 24.8 Å². The van der Waals surface area contributed by atoms with Gasteiger partial charge in [0.15, 0.2) is 15.0 Å². The van der Waals surface area contributed by atoms with Crippen LogP contribution < -0.4 is 4.90 Å². The molecule has 1 amide bonds. The first-order valence-electron chi connectivity index (χ1n) is 8.74. The van der Waals surface area contributed by atoms with Crippen molar-refractivity contribution >= 4 is 55.9 Å². The first-order valence-corrected chi connectivity index (χ1v) is 11.8. The molecule has 0 spiro atoms. The van der Waals surface area contributed by atoms with E-state index in [0.717, 1.165) is 30.0 Å². The molecule has 2 saturated heterocycles. The molecule has 1 aromatic rings. The maximum atomic E-state index is 13.2. The standard InChI is InChI=1S/C17H16ClF3N2O5S2/c18-10-5-4-9(17(19,20)21)6-11(10)23-12-7-30(27,28)8-13(12)29-16(23)22-14(24)2-1-3-15(25)26/h4-6,12-13H,1-3,7-8H2,(H,25,26)/t12-,13+/m1/s1. The molecule has 7 nitrogen and oxygen atoms in total. The smallest absolute Gasteiger partial charge is 0.416 e. The number of carboxylic acids is 1. The number of alkyl halides is 3. The zero-order valence-electron chi connectivity index (χ0n) is 15.2. The minimum absolute atomic E-state index is 0.0421. The van der Waals surface area contributed by atoms with E-state index in [1.165, 1.54) is 4.90 Å². The number of fused-ring (bicyclic) bond motifs is 1. The molecule has 1 N–H and O–H groups in total. The van der Waals surface area contributed by atoms with Gasteiger partial charge in [-0.15, -0.1) is 0 Å². The number of amides is 1. The average Bonchev–Trinajstić information content (AvgIpc) is 3.05. The molecule has 0 aliphatic carbocycles. The summed E-state index contributed by atoms with van der Waals surface area (Å²) >= 11 is 7.13. The third-order valence-corrected chi connectivity index (χ3v) is 8.13. The summed E-state index contributed by atoms with van der Waals surface area (Å²) in [5.41, 5.74) is -1.05. The lowest BCUT2D eigenvalue weighted by Crippen LogP contribution is -2.38. The van der Waals surface area contributed by atoms with Crippen LogP contribution in [0.4, 0.5) is 18.9 Å². The number of carbonyl (C=O) groups is 2. The van der Waals surface area contributed by atoms with Crippen LogP contribution in [0, 0.1) is 0 Å². The summed E-state index contributed by atoms with van der Waals surface area (Å²) in [6.07, 6.45) is -4.97. The van der Waals surface area contributed by atoms with Crippen LogP contribution in [0.25, 0.3) is 0 Å². The monoisotopic (exact) mass is 484 g/mol. The number of hydrogen-bond donors (Lipinski definition) is 1. The van der Waals surface area contributed by atoms with Gasteiger partial charge in [-0.3, -0.25) is 9.59 Å². The van der Waals surface area contributed by atoms with Gasteiger partial charge in [0.05, 0.1) is 33.8 Å². The Morgan fingerprint density at radius 1 is 1.27 bits per heavy atom. The quantitative estimate of drug-likeness (QED) is 0.684. The highest BCUT2D eigenvalue weighted by atomic mass is 35.5. The Morgan fingerprint density at radius 2 is 1.97 bits per heavy atom. The third-order valence-electron chi connectivity index (χ3n) is 4.60. The van der Waals surface area contributed by atoms with Crippen molar-refractivity contribution in [3.8, 4) is 0 Å². The van der Waals surface area contributed by atoms with E-state index in [-0.39, 0.29) is 46.6 Å². The molecule has 13 heteroatoms. The summed E-state index contributed by atoms with van der Waals surface area (Å²) in [4.78, 5) is 28.0. The molecule has 2 aliphatic rings. The molecule has 0 unspecified atom stereocenters. The number of hydrogen-bond acceptors (Lipinski definition) is 5. The second kappa shape index (κ2) is 8.39. The van der Waals surface area contributed by atoms with Gasteiger partial charge in [0, 0.05) is 18.1 Å². The number of sulfone groups is 1. The maximum absolute atomic E-state index is 13.2. The SMILES string of the molecule is O=C(O)CCCC(=O)N=C1S[C@H]2CS(=O)(=O)C[C@H]2N1c1cc(C(F)(F)F)ccc1Cl. The minimum Gasteiger partial charge on any atom is -0.481 e. The molecule has 2 aliphatic heterocycles. The van der Waals surface area contributed by atoms with Gasteiger partial charge in [-0.2, -0.15) is 18.2 Å². The topological polar surface area (TPSA) is 104 Å². The van der Waals surface area contributed by atoms with Gasteiger partial charge in [0.2, 0.25) is 5.91 Å². The second-order valence-electron chi connectivity index (χ2n) is 6.87. The summed E-state index contributed by atoms with van der Waals surface area (Å²) in [6, 6.07) is 1.96. The summed E-state index contributed by atoms with van der Waals surface area (Å²) in [5.74, 6) is -2.21. The molecule has 1 aromatic carbocycles. The van der Waals surface area contributed by atoms with Gasteiger partial charge >= 0.3 is 12.1 Å². The van der Waals surface area contributed by atoms with E-state index in [0.29, 0.717) is 0 Å². The number of rotatable bonds is 5. The predicted molar refractivity (Wildman–Crippen MR) is 107 cm³/mol. The molecule has 0 saturated carbocycles. The number of halogens is 4. The van der Waals surface area contributed by atoms with E-state index in [9.17, 15) is 31.2 Å². The van der Waals surface area contributed by atoms with Crippen molar-refractivity contribution in [3.63, 3.8) is 0 Å². The fourth-order valence-corrected chi connectivity index (χ4v) is 7.41. The zero-order chi connectivity index (χ0) is 22.3. The van der Waals surface area contributed by atoms with Gasteiger partial charge in [0.1, 0.15) is 0 Å². The molecule has 164 valence electrons. The fourth-order valence-electron chi connectivity index (χ4n) is 3.27. The highest BCUT2D eigenvalue weighted by Gasteiger charge is 2.50. The van der Waals surface area contributed by atoms with Crippen LogP contribution in [0.3, 0.4) is 0 Å². The van der Waals surface area contributed by atoms with Crippen molar-refractivity contribution in [2.75, 3.05) is 16.4 Å². The highest BCUT2D eigenvalue weighted by Crippen LogP contribution is 2.44. The molecular weight excluding hydrogens is 469 g/mol. The average molecular weight is 485 g/mol. The molecular formula is C17H16ClF3N2O5S2. The van der Waals surface area contributed by atoms with E-state index in [2.05, 4.69) is 4.99 Å². The van der Waals surface area contributed by atoms with Crippen molar-refractivity contribution in [2.45, 2.75) is 36.7 Å². The Kier molecular flexibility index (Phi) is 6.40. The Morgan fingerprint density at radius 3 is 2.60 bits per heavy atom. The Hall–Kier alpha value is -1.79. The van der Waals surface area contributed by atoms with Gasteiger partial charge in [-0.25, -0.2) is 8.42 Å². The fraction of sp³-hybridized carbons (Fsp3) is 0.471. The normalized spacial score (nSPS) is 24.3. The van der Waals surface area contributed by atoms with Crippen LogP contribution in [0.2, 0.25) is 5.02 Å². The van der Waals surface area contributed by atoms with Gasteiger partial charge in [0.25, 0.3) is 0 Å². The molecule has 0 radical (unpaired) electrons. The van der Waals surface area contributed by atoms with E-state index in [1.807, 2.05) is 0 Å². The van der Waals surface area contributed by atoms with Crippen LogP contribution in [-0.2, 0) is 25.6 Å². The van der Waals surface area contributed by atoms with Gasteiger partial charge < -0.3 is 10.0 Å². The lowest BCUT2D eigenvalue weighted by molar-refractivity contribution is -0.138. The molecule has 0 bridgehead atoms. The van der Waals surface area contributed by atoms with Crippen LogP contribution in [0.5, 0.6) is 0 Å². The first-order chi connectivity index (χ1) is 13.9. The van der Waals surface area contributed by atoms with Crippen molar-refractivity contribution in [1.29, 1.82) is 0 Å². The molecule has 3 rings (SSSR count). The van der Waals surface area contributed by atoms with Crippen molar-refractivity contribution in [2.24, 2.45) is 4.99 Å². The number of carbonyl (C=O) groups excluding carboxylic acids is 1. The van der Waals surface area contributed by atoms with Crippen molar-refractivity contribution in [3.05, 3.63) is 28.8 Å². The van der Waals surface area contributed by atoms with E-state index in [4.69, 9.17) is 16.7 Å². The van der Waals surface area contributed by atoms with Gasteiger partial charge in [-0.1, -0.05) is 23.4 Å². The molecule has 2 fully saturated rings. The van der Waals surface area contributed by atoms with E-state index < -0.39 is 44.7 Å². The highest BCUT2D eigenvalue weighted by molar-refractivity contribution is 8.16. The largest absolute Gasteiger partial charge is 0.481 e.